The van der Waals surface area contributed by atoms with Crippen LogP contribution in [0.2, 0.25) is 5.02 Å². The number of benzene rings is 1. The molecule has 84 valence electrons. The maximum absolute atomic E-state index is 13.5. The fourth-order valence-electron chi connectivity index (χ4n) is 1.31. The number of rotatable bonds is 2. The molecule has 0 bridgehead atoms. The van der Waals surface area contributed by atoms with E-state index in [-0.39, 0.29) is 6.04 Å². The van der Waals surface area contributed by atoms with Crippen LogP contribution in [0.3, 0.4) is 0 Å². The summed E-state index contributed by atoms with van der Waals surface area (Å²) in [6.07, 6.45) is 1.45. The van der Waals surface area contributed by atoms with Gasteiger partial charge in [-0.3, -0.25) is 0 Å². The minimum Gasteiger partial charge on any atom is -0.439 e. The molecular weight excluding hydrogens is 231 g/mol. The molecule has 5 heteroatoms. The van der Waals surface area contributed by atoms with Crippen LogP contribution in [0.4, 0.5) is 4.39 Å². The molecule has 0 aliphatic heterocycles. The number of halogens is 2. The minimum absolute atomic E-state index is 0.316. The third-order valence-electron chi connectivity index (χ3n) is 2.11. The summed E-state index contributed by atoms with van der Waals surface area (Å²) in [6, 6.07) is 4.05. The first kappa shape index (κ1) is 11.1. The lowest BCUT2D eigenvalue weighted by Gasteiger charge is -2.00. The van der Waals surface area contributed by atoms with Crippen LogP contribution in [-0.2, 0) is 0 Å². The van der Waals surface area contributed by atoms with E-state index in [1.165, 1.54) is 12.3 Å². The molecule has 0 aliphatic carbocycles. The number of nitrogens with two attached hydrogens (primary N) is 1. The number of oxazole rings is 1. The van der Waals surface area contributed by atoms with E-state index in [1.807, 2.05) is 0 Å². The molecule has 1 unspecified atom stereocenters. The molecule has 0 saturated carbocycles. The summed E-state index contributed by atoms with van der Waals surface area (Å²) in [7, 11) is 0. The molecular formula is C11H10ClFN2O. The van der Waals surface area contributed by atoms with E-state index in [0.29, 0.717) is 22.2 Å². The van der Waals surface area contributed by atoms with Gasteiger partial charge in [0.2, 0.25) is 5.89 Å². The van der Waals surface area contributed by atoms with E-state index in [9.17, 15) is 4.39 Å². The zero-order valence-corrected chi connectivity index (χ0v) is 9.33. The van der Waals surface area contributed by atoms with Gasteiger partial charge < -0.3 is 10.2 Å². The molecule has 2 aromatic rings. The molecule has 3 nitrogen and oxygen atoms in total. The van der Waals surface area contributed by atoms with Crippen LogP contribution in [0.1, 0.15) is 18.9 Å². The average molecular weight is 241 g/mol. The van der Waals surface area contributed by atoms with Crippen LogP contribution < -0.4 is 5.73 Å². The van der Waals surface area contributed by atoms with E-state index in [0.717, 1.165) is 0 Å². The molecule has 1 heterocycles. The lowest BCUT2D eigenvalue weighted by molar-refractivity contribution is 0.471. The second kappa shape index (κ2) is 4.23. The summed E-state index contributed by atoms with van der Waals surface area (Å²) in [5, 5.41) is 0.341. The molecule has 0 amide bonds. The summed E-state index contributed by atoms with van der Waals surface area (Å²) in [4.78, 5) is 3.96. The maximum atomic E-state index is 13.5. The summed E-state index contributed by atoms with van der Waals surface area (Å²) in [5.74, 6) is 0.283. The van der Waals surface area contributed by atoms with Gasteiger partial charge in [0.1, 0.15) is 5.82 Å². The molecule has 0 saturated heterocycles. The Kier molecular flexibility index (Phi) is 2.94. The Morgan fingerprint density at radius 3 is 2.81 bits per heavy atom. The van der Waals surface area contributed by atoms with Gasteiger partial charge in [0.15, 0.2) is 5.76 Å². The van der Waals surface area contributed by atoms with Crippen LogP contribution in [0.5, 0.6) is 0 Å². The van der Waals surface area contributed by atoms with Crippen molar-refractivity contribution in [3.8, 4) is 11.3 Å². The normalized spacial score (nSPS) is 12.8. The number of aromatic nitrogens is 1. The smallest absolute Gasteiger partial charge is 0.211 e. The first-order valence-corrected chi connectivity index (χ1v) is 5.12. The second-order valence-electron chi connectivity index (χ2n) is 3.48. The highest BCUT2D eigenvalue weighted by Crippen LogP contribution is 2.26. The third kappa shape index (κ3) is 2.08. The second-order valence-corrected chi connectivity index (χ2v) is 3.91. The van der Waals surface area contributed by atoms with Gasteiger partial charge in [-0.2, -0.15) is 0 Å². The van der Waals surface area contributed by atoms with Crippen molar-refractivity contribution in [3.63, 3.8) is 0 Å². The van der Waals surface area contributed by atoms with E-state index in [2.05, 4.69) is 4.98 Å². The SMILES string of the molecule is CC(N)c1ncc(-c2ccc(Cl)cc2F)o1. The van der Waals surface area contributed by atoms with Crippen molar-refractivity contribution >= 4 is 11.6 Å². The van der Waals surface area contributed by atoms with Crippen molar-refractivity contribution in [2.75, 3.05) is 0 Å². The van der Waals surface area contributed by atoms with Gasteiger partial charge >= 0.3 is 0 Å². The Hall–Kier alpha value is -1.39. The molecule has 1 aromatic carbocycles. The van der Waals surface area contributed by atoms with Gasteiger partial charge in [0.05, 0.1) is 17.8 Å². The number of nitrogens with zero attached hydrogens (tertiary/aromatic N) is 1. The zero-order chi connectivity index (χ0) is 11.7. The van der Waals surface area contributed by atoms with Gasteiger partial charge in [0, 0.05) is 5.02 Å². The summed E-state index contributed by atoms with van der Waals surface area (Å²) >= 11 is 5.65. The Balaban J connectivity index is 2.42. The first-order chi connectivity index (χ1) is 7.58. The predicted octanol–water partition coefficient (Wildman–Crippen LogP) is 3.15. The molecule has 1 atom stereocenters. The highest BCUT2D eigenvalue weighted by atomic mass is 35.5. The van der Waals surface area contributed by atoms with Crippen LogP contribution >= 0.6 is 11.6 Å². The van der Waals surface area contributed by atoms with E-state index >= 15 is 0 Å². The van der Waals surface area contributed by atoms with Crippen molar-refractivity contribution in [1.82, 2.24) is 4.98 Å². The van der Waals surface area contributed by atoms with E-state index in [4.69, 9.17) is 21.8 Å². The standard InChI is InChI=1S/C11H10ClFN2O/c1-6(14)11-15-5-10(16-11)8-3-2-7(12)4-9(8)13/h2-6H,14H2,1H3. The molecule has 0 aliphatic rings. The quantitative estimate of drug-likeness (QED) is 0.877. The highest BCUT2D eigenvalue weighted by molar-refractivity contribution is 6.30. The van der Waals surface area contributed by atoms with Crippen molar-refractivity contribution in [3.05, 3.63) is 41.1 Å². The van der Waals surface area contributed by atoms with Gasteiger partial charge in [-0.25, -0.2) is 9.37 Å². The van der Waals surface area contributed by atoms with Crippen LogP contribution in [0.15, 0.2) is 28.8 Å². The number of hydrogen-bond donors (Lipinski definition) is 1. The Bertz CT molecular complexity index is 510. The number of hydrogen-bond acceptors (Lipinski definition) is 3. The molecule has 2 rings (SSSR count). The summed E-state index contributed by atoms with van der Waals surface area (Å²) < 4.78 is 18.9. The largest absolute Gasteiger partial charge is 0.439 e. The van der Waals surface area contributed by atoms with Gasteiger partial charge in [0.25, 0.3) is 0 Å². The van der Waals surface area contributed by atoms with Gasteiger partial charge in [-0.05, 0) is 25.1 Å². The van der Waals surface area contributed by atoms with Crippen molar-refractivity contribution < 1.29 is 8.81 Å². The van der Waals surface area contributed by atoms with Gasteiger partial charge in [-0.15, -0.1) is 0 Å². The Labute approximate surface area is 97.0 Å². The molecule has 0 fully saturated rings. The fourth-order valence-corrected chi connectivity index (χ4v) is 1.47. The van der Waals surface area contributed by atoms with Crippen molar-refractivity contribution in [2.45, 2.75) is 13.0 Å². The molecule has 2 N–H and O–H groups in total. The molecule has 0 spiro atoms. The first-order valence-electron chi connectivity index (χ1n) is 4.74. The molecule has 16 heavy (non-hydrogen) atoms. The molecule has 0 radical (unpaired) electrons. The average Bonchev–Trinajstić information content (AvgIpc) is 2.66. The topological polar surface area (TPSA) is 52.0 Å². The zero-order valence-electron chi connectivity index (χ0n) is 8.58. The van der Waals surface area contributed by atoms with Crippen LogP contribution in [0, 0.1) is 5.82 Å². The van der Waals surface area contributed by atoms with E-state index < -0.39 is 5.82 Å². The maximum Gasteiger partial charge on any atom is 0.211 e. The van der Waals surface area contributed by atoms with Crippen LogP contribution in [-0.4, -0.2) is 4.98 Å². The predicted molar refractivity (Wildman–Crippen MR) is 59.5 cm³/mol. The Morgan fingerprint density at radius 2 is 2.25 bits per heavy atom. The fraction of sp³-hybridized carbons (Fsp3) is 0.182. The van der Waals surface area contributed by atoms with Gasteiger partial charge in [-0.1, -0.05) is 11.6 Å². The van der Waals surface area contributed by atoms with Crippen molar-refractivity contribution in [1.29, 1.82) is 0 Å². The summed E-state index contributed by atoms with van der Waals surface area (Å²) in [5.41, 5.74) is 5.92. The molecule has 1 aromatic heterocycles. The van der Waals surface area contributed by atoms with Crippen molar-refractivity contribution in [2.24, 2.45) is 5.73 Å². The highest BCUT2D eigenvalue weighted by Gasteiger charge is 2.13. The summed E-state index contributed by atoms with van der Waals surface area (Å²) in [6.45, 7) is 1.74. The minimum atomic E-state index is -0.445. The van der Waals surface area contributed by atoms with Crippen LogP contribution in [0.25, 0.3) is 11.3 Å². The lowest BCUT2D eigenvalue weighted by atomic mass is 10.2. The lowest BCUT2D eigenvalue weighted by Crippen LogP contribution is -2.04. The third-order valence-corrected chi connectivity index (χ3v) is 2.34. The van der Waals surface area contributed by atoms with E-state index in [1.54, 1.807) is 19.1 Å². The Morgan fingerprint density at radius 1 is 1.50 bits per heavy atom. The monoisotopic (exact) mass is 240 g/mol.